The van der Waals surface area contributed by atoms with Gasteiger partial charge in [0.25, 0.3) is 5.91 Å². The Kier molecular flexibility index (Phi) is 3.52. The zero-order valence-electron chi connectivity index (χ0n) is 9.74. The second-order valence-electron chi connectivity index (χ2n) is 4.45. The lowest BCUT2D eigenvalue weighted by Gasteiger charge is -2.06. The van der Waals surface area contributed by atoms with E-state index in [0.29, 0.717) is 28.4 Å². The summed E-state index contributed by atoms with van der Waals surface area (Å²) in [6.45, 7) is 2.15. The predicted octanol–water partition coefficient (Wildman–Crippen LogP) is 2.24. The highest BCUT2D eigenvalue weighted by Crippen LogP contribution is 2.34. The van der Waals surface area contributed by atoms with Crippen molar-refractivity contribution in [1.29, 1.82) is 0 Å². The molecular formula is C12H16ClN3O. The molecule has 1 aliphatic carbocycles. The van der Waals surface area contributed by atoms with Crippen LogP contribution in [0.25, 0.3) is 0 Å². The van der Waals surface area contributed by atoms with E-state index in [1.807, 2.05) is 0 Å². The molecule has 4 nitrogen and oxygen atoms in total. The minimum Gasteiger partial charge on any atom is -0.384 e. The van der Waals surface area contributed by atoms with Crippen molar-refractivity contribution in [2.24, 2.45) is 5.92 Å². The largest absolute Gasteiger partial charge is 0.384 e. The number of carbonyl (C=O) groups excluding carboxylic acids is 1. The van der Waals surface area contributed by atoms with Crippen molar-refractivity contribution < 1.29 is 4.79 Å². The molecule has 0 radical (unpaired) electrons. The zero-order valence-corrected chi connectivity index (χ0v) is 10.5. The summed E-state index contributed by atoms with van der Waals surface area (Å²) < 4.78 is 0. The van der Waals surface area contributed by atoms with E-state index < -0.39 is 0 Å². The van der Waals surface area contributed by atoms with Crippen molar-refractivity contribution in [2.75, 3.05) is 5.73 Å². The van der Waals surface area contributed by atoms with Crippen molar-refractivity contribution in [2.45, 2.75) is 32.2 Å². The normalized spacial score (nSPS) is 22.2. The van der Waals surface area contributed by atoms with Gasteiger partial charge in [0.2, 0.25) is 0 Å². The lowest BCUT2D eigenvalue weighted by molar-refractivity contribution is 0.0949. The summed E-state index contributed by atoms with van der Waals surface area (Å²) in [4.78, 5) is 15.8. The van der Waals surface area contributed by atoms with Gasteiger partial charge in [0, 0.05) is 12.2 Å². The van der Waals surface area contributed by atoms with Gasteiger partial charge in [-0.3, -0.25) is 4.79 Å². The van der Waals surface area contributed by atoms with Crippen LogP contribution in [0.15, 0.2) is 12.3 Å². The highest BCUT2D eigenvalue weighted by Gasteiger charge is 2.37. The highest BCUT2D eigenvalue weighted by molar-refractivity contribution is 6.33. The smallest absolute Gasteiger partial charge is 0.253 e. The van der Waals surface area contributed by atoms with Crippen LogP contribution in [0.3, 0.4) is 0 Å². The summed E-state index contributed by atoms with van der Waals surface area (Å²) >= 11 is 5.91. The Bertz CT molecular complexity index is 436. The van der Waals surface area contributed by atoms with Gasteiger partial charge in [-0.1, -0.05) is 24.9 Å². The number of rotatable bonds is 4. The molecule has 1 saturated carbocycles. The molecule has 0 spiro atoms. The maximum absolute atomic E-state index is 11.9. The van der Waals surface area contributed by atoms with Crippen molar-refractivity contribution in [3.63, 3.8) is 0 Å². The van der Waals surface area contributed by atoms with Crippen molar-refractivity contribution in [3.8, 4) is 0 Å². The third kappa shape index (κ3) is 2.88. The lowest BCUT2D eigenvalue weighted by Crippen LogP contribution is -2.27. The van der Waals surface area contributed by atoms with Crippen LogP contribution in [0.2, 0.25) is 5.02 Å². The Morgan fingerprint density at radius 2 is 2.47 bits per heavy atom. The van der Waals surface area contributed by atoms with Crippen LogP contribution < -0.4 is 11.1 Å². The quantitative estimate of drug-likeness (QED) is 0.865. The second-order valence-corrected chi connectivity index (χ2v) is 4.86. The van der Waals surface area contributed by atoms with Gasteiger partial charge in [0.1, 0.15) is 5.82 Å². The van der Waals surface area contributed by atoms with Crippen molar-refractivity contribution in [1.82, 2.24) is 10.3 Å². The molecule has 17 heavy (non-hydrogen) atoms. The first-order valence-corrected chi connectivity index (χ1v) is 6.21. The Morgan fingerprint density at radius 3 is 3.18 bits per heavy atom. The van der Waals surface area contributed by atoms with E-state index in [2.05, 4.69) is 17.2 Å². The van der Waals surface area contributed by atoms with E-state index >= 15 is 0 Å². The first-order valence-electron chi connectivity index (χ1n) is 5.83. The number of carbonyl (C=O) groups is 1. The third-order valence-corrected chi connectivity index (χ3v) is 3.32. The second kappa shape index (κ2) is 4.92. The van der Waals surface area contributed by atoms with Gasteiger partial charge < -0.3 is 11.1 Å². The number of nitrogen functional groups attached to an aromatic ring is 1. The van der Waals surface area contributed by atoms with E-state index in [0.717, 1.165) is 19.3 Å². The number of pyridine rings is 1. The number of halogens is 1. The van der Waals surface area contributed by atoms with E-state index in [4.69, 9.17) is 17.3 Å². The number of hydrogen-bond acceptors (Lipinski definition) is 3. The monoisotopic (exact) mass is 253 g/mol. The number of anilines is 1. The van der Waals surface area contributed by atoms with E-state index in [9.17, 15) is 4.79 Å². The summed E-state index contributed by atoms with van der Waals surface area (Å²) in [5, 5.41) is 3.30. The summed E-state index contributed by atoms with van der Waals surface area (Å²) in [6.07, 6.45) is 4.79. The average Bonchev–Trinajstić information content (AvgIpc) is 3.00. The van der Waals surface area contributed by atoms with Crippen LogP contribution in [-0.4, -0.2) is 16.9 Å². The number of nitrogens with two attached hydrogens (primary N) is 1. The summed E-state index contributed by atoms with van der Waals surface area (Å²) in [5.74, 6) is 0.773. The van der Waals surface area contributed by atoms with Gasteiger partial charge in [-0.25, -0.2) is 4.98 Å². The first-order chi connectivity index (χ1) is 8.11. The van der Waals surface area contributed by atoms with Gasteiger partial charge in [-0.05, 0) is 24.8 Å². The van der Waals surface area contributed by atoms with Crippen molar-refractivity contribution in [3.05, 3.63) is 22.8 Å². The fourth-order valence-corrected chi connectivity index (χ4v) is 2.18. The van der Waals surface area contributed by atoms with Crippen LogP contribution in [-0.2, 0) is 0 Å². The number of nitrogens with one attached hydrogen (secondary N) is 1. The minimum atomic E-state index is -0.160. The fourth-order valence-electron chi connectivity index (χ4n) is 1.99. The molecule has 92 valence electrons. The molecule has 0 saturated heterocycles. The van der Waals surface area contributed by atoms with Gasteiger partial charge in [0.15, 0.2) is 0 Å². The number of aromatic nitrogens is 1. The molecule has 1 heterocycles. The number of nitrogens with zero attached hydrogens (tertiary/aromatic N) is 1. The Balaban J connectivity index is 1.98. The van der Waals surface area contributed by atoms with Gasteiger partial charge in [-0.2, -0.15) is 0 Å². The molecule has 0 aliphatic heterocycles. The van der Waals surface area contributed by atoms with Crippen molar-refractivity contribution >= 4 is 23.3 Å². The average molecular weight is 254 g/mol. The van der Waals surface area contributed by atoms with E-state index in [1.165, 1.54) is 12.3 Å². The summed E-state index contributed by atoms with van der Waals surface area (Å²) in [6, 6.07) is 1.81. The lowest BCUT2D eigenvalue weighted by atomic mass is 10.2. The predicted molar refractivity (Wildman–Crippen MR) is 67.9 cm³/mol. The zero-order chi connectivity index (χ0) is 12.4. The van der Waals surface area contributed by atoms with Crippen LogP contribution in [0.1, 0.15) is 36.5 Å². The van der Waals surface area contributed by atoms with Crippen LogP contribution in [0.4, 0.5) is 5.82 Å². The van der Waals surface area contributed by atoms with Crippen LogP contribution >= 0.6 is 11.6 Å². The molecule has 0 aromatic carbocycles. The molecule has 1 aromatic heterocycles. The first kappa shape index (κ1) is 12.2. The minimum absolute atomic E-state index is 0.160. The van der Waals surface area contributed by atoms with Gasteiger partial charge >= 0.3 is 0 Å². The SMILES string of the molecule is CCCC1CC1NC(=O)c1cc(N)ncc1Cl. The molecule has 0 bridgehead atoms. The van der Waals surface area contributed by atoms with E-state index in [1.54, 1.807) is 0 Å². The van der Waals surface area contributed by atoms with Gasteiger partial charge in [0.05, 0.1) is 10.6 Å². The topological polar surface area (TPSA) is 68.0 Å². The third-order valence-electron chi connectivity index (χ3n) is 3.02. The summed E-state index contributed by atoms with van der Waals surface area (Å²) in [7, 11) is 0. The standard InChI is InChI=1S/C12H16ClN3O/c1-2-3-7-4-10(7)16-12(17)8-5-11(14)15-6-9(8)13/h5-7,10H,2-4H2,1H3,(H2,14,15)(H,16,17). The fraction of sp³-hybridized carbons (Fsp3) is 0.500. The van der Waals surface area contributed by atoms with Crippen LogP contribution in [0.5, 0.6) is 0 Å². The van der Waals surface area contributed by atoms with Crippen LogP contribution in [0, 0.1) is 5.92 Å². The summed E-state index contributed by atoms with van der Waals surface area (Å²) in [5.41, 5.74) is 5.94. The molecular weight excluding hydrogens is 238 g/mol. The number of hydrogen-bond donors (Lipinski definition) is 2. The molecule has 1 fully saturated rings. The molecule has 2 rings (SSSR count). The molecule has 2 unspecified atom stereocenters. The Labute approximate surface area is 106 Å². The van der Waals surface area contributed by atoms with E-state index in [-0.39, 0.29) is 5.91 Å². The molecule has 1 aromatic rings. The maximum Gasteiger partial charge on any atom is 0.253 e. The molecule has 1 aliphatic rings. The Hall–Kier alpha value is -1.29. The molecule has 1 amide bonds. The molecule has 2 atom stereocenters. The molecule has 5 heteroatoms. The van der Waals surface area contributed by atoms with Gasteiger partial charge in [-0.15, -0.1) is 0 Å². The maximum atomic E-state index is 11.9. The number of amides is 1. The molecule has 3 N–H and O–H groups in total. The highest BCUT2D eigenvalue weighted by atomic mass is 35.5. The Morgan fingerprint density at radius 1 is 1.71 bits per heavy atom.